The zero-order chi connectivity index (χ0) is 19.8. The van der Waals surface area contributed by atoms with E-state index in [0.29, 0.717) is 25.4 Å². The van der Waals surface area contributed by atoms with E-state index in [1.165, 1.54) is 4.90 Å². The fourth-order valence-corrected chi connectivity index (χ4v) is 3.50. The standard InChI is InChI=1S/C16H23F3N6O2/c1-10-2-3-23(13(26)6-10)8-11(20)7-14(27)24-4-5-25-12(9-24)21-22-15(25)16(17,18)19/h10-11H,2-9,20H2,1H3/t10?,11-/m0/s1. The van der Waals surface area contributed by atoms with Crippen molar-refractivity contribution in [2.45, 2.75) is 51.5 Å². The lowest BCUT2D eigenvalue weighted by atomic mass is 9.98. The van der Waals surface area contributed by atoms with Crippen molar-refractivity contribution < 1.29 is 22.8 Å². The number of nitrogens with zero attached hydrogens (tertiary/aromatic N) is 5. The number of hydrogen-bond donors (Lipinski definition) is 1. The highest BCUT2D eigenvalue weighted by Gasteiger charge is 2.40. The maximum Gasteiger partial charge on any atom is 0.451 e. The number of amides is 2. The highest BCUT2D eigenvalue weighted by atomic mass is 19.4. The minimum absolute atomic E-state index is 0.0132. The van der Waals surface area contributed by atoms with Gasteiger partial charge in [0.2, 0.25) is 17.6 Å². The van der Waals surface area contributed by atoms with E-state index in [1.807, 2.05) is 6.92 Å². The summed E-state index contributed by atoms with van der Waals surface area (Å²) < 4.78 is 39.6. The topological polar surface area (TPSA) is 97.3 Å². The third-order valence-corrected chi connectivity index (χ3v) is 5.02. The molecule has 0 radical (unpaired) electrons. The summed E-state index contributed by atoms with van der Waals surface area (Å²) in [6.45, 7) is 3.06. The number of carbonyl (C=O) groups is 2. The predicted molar refractivity (Wildman–Crippen MR) is 88.0 cm³/mol. The summed E-state index contributed by atoms with van der Waals surface area (Å²) in [6, 6.07) is -0.514. The smallest absolute Gasteiger partial charge is 0.341 e. The second kappa shape index (κ2) is 7.45. The summed E-state index contributed by atoms with van der Waals surface area (Å²) in [4.78, 5) is 27.6. The lowest BCUT2D eigenvalue weighted by Crippen LogP contribution is -2.47. The first kappa shape index (κ1) is 19.6. The average molecular weight is 388 g/mol. The van der Waals surface area contributed by atoms with E-state index in [2.05, 4.69) is 10.2 Å². The Labute approximate surface area is 154 Å². The van der Waals surface area contributed by atoms with Crippen LogP contribution in [0.4, 0.5) is 13.2 Å². The molecule has 0 saturated carbocycles. The molecule has 2 aliphatic rings. The van der Waals surface area contributed by atoms with E-state index >= 15 is 0 Å². The molecule has 11 heteroatoms. The van der Waals surface area contributed by atoms with E-state index in [4.69, 9.17) is 5.73 Å². The number of rotatable bonds is 4. The van der Waals surface area contributed by atoms with Gasteiger partial charge in [0.15, 0.2) is 5.82 Å². The summed E-state index contributed by atoms with van der Waals surface area (Å²) in [5, 5.41) is 6.76. The van der Waals surface area contributed by atoms with Gasteiger partial charge in [0.25, 0.3) is 0 Å². The van der Waals surface area contributed by atoms with E-state index in [-0.39, 0.29) is 43.7 Å². The van der Waals surface area contributed by atoms with Crippen molar-refractivity contribution in [3.8, 4) is 0 Å². The van der Waals surface area contributed by atoms with Crippen molar-refractivity contribution in [3.63, 3.8) is 0 Å². The molecule has 2 N–H and O–H groups in total. The van der Waals surface area contributed by atoms with Crippen LogP contribution >= 0.6 is 0 Å². The summed E-state index contributed by atoms with van der Waals surface area (Å²) in [5.74, 6) is -0.792. The molecule has 0 bridgehead atoms. The molecular weight excluding hydrogens is 365 g/mol. The van der Waals surface area contributed by atoms with Crippen LogP contribution in [0.25, 0.3) is 0 Å². The molecule has 1 aromatic heterocycles. The normalized spacial score (nSPS) is 22.0. The fourth-order valence-electron chi connectivity index (χ4n) is 3.50. The number of nitrogens with two attached hydrogens (primary N) is 1. The Balaban J connectivity index is 1.55. The molecule has 2 aliphatic heterocycles. The lowest BCUT2D eigenvalue weighted by molar-refractivity contribution is -0.148. The number of halogens is 3. The van der Waals surface area contributed by atoms with Crippen molar-refractivity contribution >= 4 is 11.8 Å². The van der Waals surface area contributed by atoms with Crippen LogP contribution in [0.2, 0.25) is 0 Å². The average Bonchev–Trinajstić information content (AvgIpc) is 3.00. The predicted octanol–water partition coefficient (Wildman–Crippen LogP) is 0.615. The van der Waals surface area contributed by atoms with Crippen molar-refractivity contribution in [1.82, 2.24) is 24.6 Å². The van der Waals surface area contributed by atoms with Gasteiger partial charge >= 0.3 is 6.18 Å². The Morgan fingerprint density at radius 3 is 2.70 bits per heavy atom. The molecule has 27 heavy (non-hydrogen) atoms. The molecule has 1 aromatic rings. The molecule has 150 valence electrons. The number of likely N-dealkylation sites (tertiary alicyclic amines) is 1. The number of aromatic nitrogens is 3. The Hall–Kier alpha value is -2.17. The number of piperidine rings is 1. The monoisotopic (exact) mass is 388 g/mol. The summed E-state index contributed by atoms with van der Waals surface area (Å²) in [7, 11) is 0. The minimum Gasteiger partial charge on any atom is -0.341 e. The van der Waals surface area contributed by atoms with Gasteiger partial charge in [-0.1, -0.05) is 6.92 Å². The first-order valence-electron chi connectivity index (χ1n) is 8.95. The molecule has 0 spiro atoms. The molecule has 0 aliphatic carbocycles. The Bertz CT molecular complexity index is 719. The highest BCUT2D eigenvalue weighted by molar-refractivity contribution is 5.78. The van der Waals surface area contributed by atoms with Crippen LogP contribution in [0.3, 0.4) is 0 Å². The van der Waals surface area contributed by atoms with E-state index in [0.717, 1.165) is 11.0 Å². The molecular formula is C16H23F3N6O2. The molecule has 3 rings (SSSR count). The van der Waals surface area contributed by atoms with Gasteiger partial charge in [0, 0.05) is 45.1 Å². The van der Waals surface area contributed by atoms with Gasteiger partial charge in [0.05, 0.1) is 6.54 Å². The quantitative estimate of drug-likeness (QED) is 0.815. The summed E-state index contributed by atoms with van der Waals surface area (Å²) in [5.41, 5.74) is 6.04. The van der Waals surface area contributed by atoms with E-state index in [1.54, 1.807) is 4.90 Å². The second-order valence-corrected chi connectivity index (χ2v) is 7.31. The van der Waals surface area contributed by atoms with Crippen LogP contribution in [0.15, 0.2) is 0 Å². The SMILES string of the molecule is CC1CCN(C[C@@H](N)CC(=O)N2CCn3c(nnc3C(F)(F)F)C2)C(=O)C1. The van der Waals surface area contributed by atoms with Gasteiger partial charge in [-0.2, -0.15) is 13.2 Å². The zero-order valence-corrected chi connectivity index (χ0v) is 15.1. The largest absolute Gasteiger partial charge is 0.451 e. The highest BCUT2D eigenvalue weighted by Crippen LogP contribution is 2.29. The molecule has 0 aromatic carbocycles. The van der Waals surface area contributed by atoms with Crippen LogP contribution in [0, 0.1) is 5.92 Å². The van der Waals surface area contributed by atoms with Crippen LogP contribution in [-0.2, 0) is 28.9 Å². The summed E-state index contributed by atoms with van der Waals surface area (Å²) in [6.07, 6.45) is -3.14. The molecule has 1 unspecified atom stereocenters. The second-order valence-electron chi connectivity index (χ2n) is 7.31. The summed E-state index contributed by atoms with van der Waals surface area (Å²) >= 11 is 0. The third kappa shape index (κ3) is 4.40. The lowest BCUT2D eigenvalue weighted by Gasteiger charge is -2.33. The van der Waals surface area contributed by atoms with Gasteiger partial charge in [0.1, 0.15) is 0 Å². The van der Waals surface area contributed by atoms with E-state index in [9.17, 15) is 22.8 Å². The van der Waals surface area contributed by atoms with Crippen molar-refractivity contribution in [2.75, 3.05) is 19.6 Å². The molecule has 8 nitrogen and oxygen atoms in total. The Morgan fingerprint density at radius 2 is 2.04 bits per heavy atom. The number of alkyl halides is 3. The van der Waals surface area contributed by atoms with Gasteiger partial charge in [-0.25, -0.2) is 0 Å². The van der Waals surface area contributed by atoms with Gasteiger partial charge in [-0.15, -0.1) is 10.2 Å². The minimum atomic E-state index is -4.57. The molecule has 1 saturated heterocycles. The van der Waals surface area contributed by atoms with Crippen molar-refractivity contribution in [1.29, 1.82) is 0 Å². The molecule has 1 fully saturated rings. The van der Waals surface area contributed by atoms with Crippen molar-refractivity contribution in [2.24, 2.45) is 11.7 Å². The van der Waals surface area contributed by atoms with Crippen LogP contribution in [-0.4, -0.2) is 62.1 Å². The molecule has 3 heterocycles. The van der Waals surface area contributed by atoms with Crippen LogP contribution in [0.1, 0.15) is 37.8 Å². The van der Waals surface area contributed by atoms with Gasteiger partial charge in [-0.05, 0) is 12.3 Å². The zero-order valence-electron chi connectivity index (χ0n) is 15.1. The molecule has 2 amide bonds. The Morgan fingerprint density at radius 1 is 1.30 bits per heavy atom. The van der Waals surface area contributed by atoms with Gasteiger partial charge < -0.3 is 20.1 Å². The van der Waals surface area contributed by atoms with Gasteiger partial charge in [-0.3, -0.25) is 9.59 Å². The van der Waals surface area contributed by atoms with E-state index < -0.39 is 18.0 Å². The van der Waals surface area contributed by atoms with Crippen LogP contribution in [0.5, 0.6) is 0 Å². The van der Waals surface area contributed by atoms with Crippen molar-refractivity contribution in [3.05, 3.63) is 11.6 Å². The Kier molecular flexibility index (Phi) is 5.41. The molecule has 2 atom stereocenters. The maximum absolute atomic E-state index is 12.9. The maximum atomic E-state index is 12.9. The van der Waals surface area contributed by atoms with Crippen LogP contribution < -0.4 is 5.73 Å². The number of carbonyl (C=O) groups excluding carboxylic acids is 2. The third-order valence-electron chi connectivity index (χ3n) is 5.02. The number of fused-ring (bicyclic) bond motifs is 1. The first-order chi connectivity index (χ1) is 12.6. The fraction of sp³-hybridized carbons (Fsp3) is 0.750. The first-order valence-corrected chi connectivity index (χ1v) is 8.95. The number of hydrogen-bond acceptors (Lipinski definition) is 5.